The minimum absolute atomic E-state index is 0.886. The van der Waals surface area contributed by atoms with Gasteiger partial charge in [0.15, 0.2) is 0 Å². The van der Waals surface area contributed by atoms with Gasteiger partial charge in [-0.25, -0.2) is 0 Å². The van der Waals surface area contributed by atoms with Crippen LogP contribution in [0, 0.1) is 0 Å². The van der Waals surface area contributed by atoms with E-state index in [1.165, 1.54) is 16.2 Å². The molecule has 0 aliphatic heterocycles. The van der Waals surface area contributed by atoms with Crippen LogP contribution in [0.25, 0.3) is 76.5 Å². The normalized spacial score (nSPS) is 11.8. The maximum atomic E-state index is 6.49. The van der Waals surface area contributed by atoms with Gasteiger partial charge >= 0.3 is 0 Å². The van der Waals surface area contributed by atoms with E-state index in [-0.39, 0.29) is 0 Å². The third kappa shape index (κ3) is 4.00. The van der Waals surface area contributed by atoms with Gasteiger partial charge in [-0.15, -0.1) is 0 Å². The van der Waals surface area contributed by atoms with E-state index in [9.17, 15) is 0 Å². The zero-order chi connectivity index (χ0) is 30.9. The number of hydrogen-bond donors (Lipinski definition) is 0. The first-order chi connectivity index (χ1) is 23.3. The molecule has 0 amide bonds. The number of benzene rings is 8. The Balaban J connectivity index is 1.16. The molecule has 0 saturated heterocycles. The van der Waals surface area contributed by atoms with E-state index in [1.807, 2.05) is 12.1 Å². The van der Waals surface area contributed by atoms with Crippen LogP contribution < -0.4 is 4.90 Å². The fourth-order valence-electron chi connectivity index (χ4n) is 7.27. The molecule has 0 unspecified atom stereocenters. The van der Waals surface area contributed by atoms with Crippen LogP contribution >= 0.6 is 0 Å². The molecule has 0 aliphatic carbocycles. The molecule has 8 aromatic carbocycles. The third-order valence-electron chi connectivity index (χ3n) is 9.45. The topological polar surface area (TPSA) is 29.5 Å². The summed E-state index contributed by atoms with van der Waals surface area (Å²) < 4.78 is 12.7. The predicted molar refractivity (Wildman–Crippen MR) is 196 cm³/mol. The molecule has 0 spiro atoms. The van der Waals surface area contributed by atoms with Gasteiger partial charge in [-0.3, -0.25) is 0 Å². The van der Waals surface area contributed by atoms with Crippen LogP contribution in [0.5, 0.6) is 0 Å². The van der Waals surface area contributed by atoms with E-state index in [2.05, 4.69) is 157 Å². The Morgan fingerprint density at radius 3 is 1.91 bits per heavy atom. The highest BCUT2D eigenvalue weighted by Crippen LogP contribution is 2.43. The number of furan rings is 2. The first kappa shape index (κ1) is 26.0. The molecule has 0 atom stereocenters. The summed E-state index contributed by atoms with van der Waals surface area (Å²) in [5.74, 6) is 0. The first-order valence-corrected chi connectivity index (χ1v) is 15.9. The molecule has 2 aromatic heterocycles. The second kappa shape index (κ2) is 10.1. The molecule has 3 nitrogen and oxygen atoms in total. The van der Waals surface area contributed by atoms with Crippen LogP contribution in [-0.2, 0) is 0 Å². The molecule has 0 aliphatic rings. The van der Waals surface area contributed by atoms with Crippen LogP contribution in [0.2, 0.25) is 0 Å². The van der Waals surface area contributed by atoms with Crippen LogP contribution in [0.15, 0.2) is 173 Å². The highest BCUT2D eigenvalue weighted by atomic mass is 16.3. The number of nitrogens with zero attached hydrogens (tertiary/aromatic N) is 1. The van der Waals surface area contributed by atoms with Crippen molar-refractivity contribution >= 4 is 82.5 Å². The zero-order valence-electron chi connectivity index (χ0n) is 25.4. The lowest BCUT2D eigenvalue weighted by molar-refractivity contribution is 0.669. The van der Waals surface area contributed by atoms with Crippen molar-refractivity contribution in [1.82, 2.24) is 0 Å². The molecule has 0 bridgehead atoms. The molecular weight excluding hydrogens is 574 g/mol. The van der Waals surface area contributed by atoms with E-state index < -0.39 is 0 Å². The van der Waals surface area contributed by atoms with E-state index in [4.69, 9.17) is 8.83 Å². The van der Waals surface area contributed by atoms with Crippen molar-refractivity contribution < 1.29 is 8.83 Å². The molecule has 0 saturated carbocycles. The summed E-state index contributed by atoms with van der Waals surface area (Å²) in [5, 5.41) is 9.21. The van der Waals surface area contributed by atoms with E-state index >= 15 is 0 Å². The van der Waals surface area contributed by atoms with Gasteiger partial charge in [0.05, 0.1) is 5.69 Å². The lowest BCUT2D eigenvalue weighted by Crippen LogP contribution is -2.10. The Morgan fingerprint density at radius 1 is 0.383 bits per heavy atom. The van der Waals surface area contributed by atoms with Gasteiger partial charge in [0.1, 0.15) is 22.3 Å². The van der Waals surface area contributed by atoms with E-state index in [0.717, 1.165) is 77.5 Å². The number of para-hydroxylation sites is 1. The molecule has 0 radical (unpaired) electrons. The van der Waals surface area contributed by atoms with Gasteiger partial charge in [0.2, 0.25) is 0 Å². The summed E-state index contributed by atoms with van der Waals surface area (Å²) in [6.45, 7) is 0. The molecular formula is C44H27NO2. The molecule has 3 heteroatoms. The maximum absolute atomic E-state index is 6.49. The Labute approximate surface area is 270 Å². The Hall–Kier alpha value is -6.32. The third-order valence-corrected chi connectivity index (χ3v) is 9.45. The van der Waals surface area contributed by atoms with Gasteiger partial charge in [-0.2, -0.15) is 0 Å². The van der Waals surface area contributed by atoms with Gasteiger partial charge in [0, 0.05) is 43.7 Å². The van der Waals surface area contributed by atoms with Crippen molar-refractivity contribution in [2.24, 2.45) is 0 Å². The van der Waals surface area contributed by atoms with Crippen LogP contribution in [0.3, 0.4) is 0 Å². The number of fused-ring (bicyclic) bond motifs is 9. The standard InChI is InChI=1S/C44H27NO2/c1-3-12-33-28(9-1)11-7-16-39(33)45(32-24-26-41-38(27-32)36-14-5-6-17-40(36)46-41)31-22-19-30(20-23-31)34-15-8-18-42-43(34)37-25-21-29-10-2-4-13-35(29)44(37)47-42/h1-27H. The van der Waals surface area contributed by atoms with Gasteiger partial charge < -0.3 is 13.7 Å². The van der Waals surface area contributed by atoms with Gasteiger partial charge in [0.25, 0.3) is 0 Å². The molecule has 0 N–H and O–H groups in total. The Kier molecular flexibility index (Phi) is 5.57. The number of anilines is 3. The highest BCUT2D eigenvalue weighted by Gasteiger charge is 2.19. The number of rotatable bonds is 4. The second-order valence-electron chi connectivity index (χ2n) is 12.1. The van der Waals surface area contributed by atoms with Crippen molar-refractivity contribution in [1.29, 1.82) is 0 Å². The lowest BCUT2D eigenvalue weighted by atomic mass is 9.98. The van der Waals surface area contributed by atoms with Crippen LogP contribution in [-0.4, -0.2) is 0 Å². The molecule has 10 aromatic rings. The quantitative estimate of drug-likeness (QED) is 0.201. The summed E-state index contributed by atoms with van der Waals surface area (Å²) in [6.07, 6.45) is 0. The minimum atomic E-state index is 0.886. The largest absolute Gasteiger partial charge is 0.456 e. The summed E-state index contributed by atoms with van der Waals surface area (Å²) in [6, 6.07) is 57.9. The van der Waals surface area contributed by atoms with Crippen molar-refractivity contribution in [3.05, 3.63) is 164 Å². The SMILES string of the molecule is c1ccc2c(N(c3ccc(-c4cccc5oc6c7ccccc7ccc6c45)cc3)c3ccc4oc5ccccc5c4c3)cccc2c1. The summed E-state index contributed by atoms with van der Waals surface area (Å²) in [4.78, 5) is 2.35. The van der Waals surface area contributed by atoms with Gasteiger partial charge in [-0.05, 0) is 76.5 Å². The smallest absolute Gasteiger partial charge is 0.143 e. The molecule has 220 valence electrons. The average Bonchev–Trinajstić information content (AvgIpc) is 3.71. The molecule has 10 rings (SSSR count). The van der Waals surface area contributed by atoms with Crippen molar-refractivity contribution in [2.75, 3.05) is 4.90 Å². The predicted octanol–water partition coefficient (Wildman–Crippen LogP) is 12.9. The fourth-order valence-corrected chi connectivity index (χ4v) is 7.27. The minimum Gasteiger partial charge on any atom is -0.456 e. The van der Waals surface area contributed by atoms with Crippen molar-refractivity contribution in [2.45, 2.75) is 0 Å². The number of hydrogen-bond acceptors (Lipinski definition) is 3. The molecule has 47 heavy (non-hydrogen) atoms. The van der Waals surface area contributed by atoms with Crippen molar-refractivity contribution in [3.8, 4) is 11.1 Å². The van der Waals surface area contributed by atoms with E-state index in [1.54, 1.807) is 0 Å². The molecule has 0 fully saturated rings. The first-order valence-electron chi connectivity index (χ1n) is 15.9. The summed E-state index contributed by atoms with van der Waals surface area (Å²) in [7, 11) is 0. The lowest BCUT2D eigenvalue weighted by Gasteiger charge is -2.27. The van der Waals surface area contributed by atoms with E-state index in [0.29, 0.717) is 0 Å². The highest BCUT2D eigenvalue weighted by molar-refractivity contribution is 6.19. The fraction of sp³-hybridized carbons (Fsp3) is 0. The summed E-state index contributed by atoms with van der Waals surface area (Å²) in [5.41, 5.74) is 9.19. The average molecular weight is 602 g/mol. The Morgan fingerprint density at radius 2 is 1.04 bits per heavy atom. The monoisotopic (exact) mass is 601 g/mol. The second-order valence-corrected chi connectivity index (χ2v) is 12.1. The molecule has 2 heterocycles. The zero-order valence-corrected chi connectivity index (χ0v) is 25.4. The summed E-state index contributed by atoms with van der Waals surface area (Å²) >= 11 is 0. The maximum Gasteiger partial charge on any atom is 0.143 e. The van der Waals surface area contributed by atoms with Crippen LogP contribution in [0.1, 0.15) is 0 Å². The Bertz CT molecular complexity index is 2800. The van der Waals surface area contributed by atoms with Gasteiger partial charge in [-0.1, -0.05) is 109 Å². The van der Waals surface area contributed by atoms with Crippen molar-refractivity contribution in [3.63, 3.8) is 0 Å². The van der Waals surface area contributed by atoms with Crippen LogP contribution in [0.4, 0.5) is 17.1 Å².